The predicted molar refractivity (Wildman–Crippen MR) is 106 cm³/mol. The molecule has 0 spiro atoms. The molecular formula is C21H19ClN2O4. The number of anilines is 1. The molecular weight excluding hydrogens is 380 g/mol. The van der Waals surface area contributed by atoms with Gasteiger partial charge in [0, 0.05) is 16.3 Å². The Kier molecular flexibility index (Phi) is 5.80. The molecule has 1 N–H and O–H groups in total. The van der Waals surface area contributed by atoms with Crippen LogP contribution >= 0.6 is 11.6 Å². The SMILES string of the molecule is Cc1cc(NC(=O)c2ccc(COC(=O)c3c(C)noc3C)cc2)ccc1Cl. The lowest BCUT2D eigenvalue weighted by Gasteiger charge is -2.08. The van der Waals surface area contributed by atoms with Gasteiger partial charge in [0.05, 0.1) is 5.69 Å². The highest BCUT2D eigenvalue weighted by Crippen LogP contribution is 2.20. The van der Waals surface area contributed by atoms with E-state index in [1.54, 1.807) is 50.2 Å². The monoisotopic (exact) mass is 398 g/mol. The number of esters is 1. The summed E-state index contributed by atoms with van der Waals surface area (Å²) in [5, 5.41) is 7.21. The fraction of sp³-hybridized carbons (Fsp3) is 0.190. The van der Waals surface area contributed by atoms with Gasteiger partial charge < -0.3 is 14.6 Å². The van der Waals surface area contributed by atoms with Gasteiger partial charge in [-0.3, -0.25) is 4.79 Å². The van der Waals surface area contributed by atoms with Gasteiger partial charge in [0.25, 0.3) is 5.91 Å². The topological polar surface area (TPSA) is 81.4 Å². The van der Waals surface area contributed by atoms with Crippen LogP contribution in [0.2, 0.25) is 5.02 Å². The fourth-order valence-electron chi connectivity index (χ4n) is 2.67. The van der Waals surface area contributed by atoms with Gasteiger partial charge in [-0.25, -0.2) is 4.79 Å². The van der Waals surface area contributed by atoms with E-state index in [0.717, 1.165) is 11.1 Å². The number of carbonyl (C=O) groups is 2. The molecule has 1 aromatic heterocycles. The van der Waals surface area contributed by atoms with Crippen molar-refractivity contribution in [3.05, 3.63) is 81.2 Å². The quantitative estimate of drug-likeness (QED) is 0.620. The molecule has 0 fully saturated rings. The van der Waals surface area contributed by atoms with Gasteiger partial charge in [-0.1, -0.05) is 28.9 Å². The van der Waals surface area contributed by atoms with Crippen LogP contribution in [0.1, 0.15) is 43.3 Å². The zero-order chi connectivity index (χ0) is 20.3. The summed E-state index contributed by atoms with van der Waals surface area (Å²) in [6.45, 7) is 5.30. The van der Waals surface area contributed by atoms with Crippen molar-refractivity contribution in [1.29, 1.82) is 0 Å². The Hall–Kier alpha value is -3.12. The highest BCUT2D eigenvalue weighted by Gasteiger charge is 2.19. The maximum absolute atomic E-state index is 12.4. The molecule has 28 heavy (non-hydrogen) atoms. The van der Waals surface area contributed by atoms with E-state index in [0.29, 0.717) is 33.3 Å². The summed E-state index contributed by atoms with van der Waals surface area (Å²) >= 11 is 6.00. The first-order valence-electron chi connectivity index (χ1n) is 8.61. The van der Waals surface area contributed by atoms with Gasteiger partial charge in [0.15, 0.2) is 0 Å². The number of hydrogen-bond donors (Lipinski definition) is 1. The minimum Gasteiger partial charge on any atom is -0.457 e. The summed E-state index contributed by atoms with van der Waals surface area (Å²) in [6, 6.07) is 12.1. The van der Waals surface area contributed by atoms with Crippen LogP contribution < -0.4 is 5.32 Å². The van der Waals surface area contributed by atoms with Crippen LogP contribution in [-0.4, -0.2) is 17.0 Å². The summed E-state index contributed by atoms with van der Waals surface area (Å²) in [4.78, 5) is 24.5. The van der Waals surface area contributed by atoms with Crippen molar-refractivity contribution in [2.45, 2.75) is 27.4 Å². The zero-order valence-corrected chi connectivity index (χ0v) is 16.5. The Labute approximate surface area is 167 Å². The number of hydrogen-bond acceptors (Lipinski definition) is 5. The normalized spacial score (nSPS) is 10.6. The van der Waals surface area contributed by atoms with Crippen molar-refractivity contribution in [1.82, 2.24) is 5.16 Å². The van der Waals surface area contributed by atoms with Crippen LogP contribution in [0, 0.1) is 20.8 Å². The molecule has 0 aliphatic heterocycles. The van der Waals surface area contributed by atoms with Crippen LogP contribution in [0.15, 0.2) is 47.0 Å². The first-order valence-corrected chi connectivity index (χ1v) is 8.99. The molecule has 0 radical (unpaired) electrons. The Balaban J connectivity index is 1.60. The Morgan fingerprint density at radius 1 is 1.11 bits per heavy atom. The van der Waals surface area contributed by atoms with E-state index in [4.69, 9.17) is 20.9 Å². The lowest BCUT2D eigenvalue weighted by atomic mass is 10.1. The average Bonchev–Trinajstić information content (AvgIpc) is 3.01. The lowest BCUT2D eigenvalue weighted by molar-refractivity contribution is 0.0469. The molecule has 7 heteroatoms. The van der Waals surface area contributed by atoms with Crippen LogP contribution in [-0.2, 0) is 11.3 Å². The van der Waals surface area contributed by atoms with Crippen molar-refractivity contribution in [3.8, 4) is 0 Å². The van der Waals surface area contributed by atoms with Gasteiger partial charge >= 0.3 is 5.97 Å². The zero-order valence-electron chi connectivity index (χ0n) is 15.7. The van der Waals surface area contributed by atoms with Gasteiger partial charge in [0.2, 0.25) is 0 Å². The second-order valence-corrected chi connectivity index (χ2v) is 6.80. The maximum atomic E-state index is 12.4. The summed E-state index contributed by atoms with van der Waals surface area (Å²) in [6.07, 6.45) is 0. The number of aromatic nitrogens is 1. The number of carbonyl (C=O) groups excluding carboxylic acids is 2. The second-order valence-electron chi connectivity index (χ2n) is 6.39. The Morgan fingerprint density at radius 3 is 2.43 bits per heavy atom. The van der Waals surface area contributed by atoms with E-state index < -0.39 is 5.97 Å². The molecule has 0 saturated heterocycles. The number of amides is 1. The van der Waals surface area contributed by atoms with E-state index in [-0.39, 0.29) is 12.5 Å². The van der Waals surface area contributed by atoms with Crippen LogP contribution in [0.25, 0.3) is 0 Å². The molecule has 0 unspecified atom stereocenters. The summed E-state index contributed by atoms with van der Waals surface area (Å²) in [7, 11) is 0. The van der Waals surface area contributed by atoms with Crippen molar-refractivity contribution < 1.29 is 18.8 Å². The molecule has 144 valence electrons. The third kappa shape index (κ3) is 4.40. The first kappa shape index (κ1) is 19.6. The summed E-state index contributed by atoms with van der Waals surface area (Å²) in [5.41, 5.74) is 3.65. The number of ether oxygens (including phenoxy) is 1. The number of benzene rings is 2. The smallest absolute Gasteiger partial charge is 0.344 e. The molecule has 1 amide bonds. The van der Waals surface area contributed by atoms with Gasteiger partial charge in [-0.2, -0.15) is 0 Å². The highest BCUT2D eigenvalue weighted by atomic mass is 35.5. The molecule has 0 aliphatic carbocycles. The van der Waals surface area contributed by atoms with E-state index in [2.05, 4.69) is 10.5 Å². The molecule has 6 nitrogen and oxygen atoms in total. The number of nitrogens with zero attached hydrogens (tertiary/aromatic N) is 1. The predicted octanol–water partition coefficient (Wildman–Crippen LogP) is 4.86. The first-order chi connectivity index (χ1) is 13.3. The third-order valence-electron chi connectivity index (χ3n) is 4.24. The van der Waals surface area contributed by atoms with E-state index in [9.17, 15) is 9.59 Å². The molecule has 3 rings (SSSR count). The van der Waals surface area contributed by atoms with Gasteiger partial charge in [0.1, 0.15) is 17.9 Å². The second kappa shape index (κ2) is 8.27. The number of aryl methyl sites for hydroxylation is 3. The van der Waals surface area contributed by atoms with Crippen LogP contribution in [0.5, 0.6) is 0 Å². The van der Waals surface area contributed by atoms with Crippen LogP contribution in [0.3, 0.4) is 0 Å². The standard InChI is InChI=1S/C21H19ClN2O4/c1-12-10-17(8-9-18(12)22)23-20(25)16-6-4-15(5-7-16)11-27-21(26)19-13(2)24-28-14(19)3/h4-10H,11H2,1-3H3,(H,23,25). The molecule has 1 heterocycles. The van der Waals surface area contributed by atoms with Gasteiger partial charge in [-0.15, -0.1) is 0 Å². The average molecular weight is 399 g/mol. The van der Waals surface area contributed by atoms with Gasteiger partial charge in [-0.05, 0) is 62.2 Å². The fourth-order valence-corrected chi connectivity index (χ4v) is 2.79. The molecule has 0 atom stereocenters. The Morgan fingerprint density at radius 2 is 1.82 bits per heavy atom. The number of nitrogens with one attached hydrogen (secondary N) is 1. The van der Waals surface area contributed by atoms with Crippen molar-refractivity contribution in [3.63, 3.8) is 0 Å². The Bertz CT molecular complexity index is 1010. The number of halogens is 1. The highest BCUT2D eigenvalue weighted by molar-refractivity contribution is 6.31. The molecule has 0 saturated carbocycles. The largest absolute Gasteiger partial charge is 0.457 e. The van der Waals surface area contributed by atoms with E-state index >= 15 is 0 Å². The van der Waals surface area contributed by atoms with E-state index in [1.165, 1.54) is 0 Å². The van der Waals surface area contributed by atoms with Crippen LogP contribution in [0.4, 0.5) is 5.69 Å². The third-order valence-corrected chi connectivity index (χ3v) is 4.66. The lowest BCUT2D eigenvalue weighted by Crippen LogP contribution is -2.12. The molecule has 0 aliphatic rings. The minimum absolute atomic E-state index is 0.0845. The van der Waals surface area contributed by atoms with Crippen molar-refractivity contribution in [2.75, 3.05) is 5.32 Å². The van der Waals surface area contributed by atoms with Crippen molar-refractivity contribution >= 4 is 29.2 Å². The molecule has 0 bridgehead atoms. The number of rotatable bonds is 5. The summed E-state index contributed by atoms with van der Waals surface area (Å²) in [5.74, 6) is -0.302. The maximum Gasteiger partial charge on any atom is 0.344 e. The molecule has 3 aromatic rings. The summed E-state index contributed by atoms with van der Waals surface area (Å²) < 4.78 is 10.3. The molecule has 2 aromatic carbocycles. The van der Waals surface area contributed by atoms with E-state index in [1.807, 2.05) is 13.0 Å². The minimum atomic E-state index is -0.490. The van der Waals surface area contributed by atoms with Crippen molar-refractivity contribution in [2.24, 2.45) is 0 Å².